The molecule has 0 bridgehead atoms. The van der Waals surface area contributed by atoms with Crippen LogP contribution < -0.4 is 5.32 Å². The van der Waals surface area contributed by atoms with Crippen LogP contribution in [0.4, 0.5) is 4.79 Å². The number of nitrogens with one attached hydrogen (secondary N) is 1. The third-order valence-electron chi connectivity index (χ3n) is 1.36. The summed E-state index contributed by atoms with van der Waals surface area (Å²) < 4.78 is 0.992. The first-order valence-corrected chi connectivity index (χ1v) is 5.48. The summed E-state index contributed by atoms with van der Waals surface area (Å²) in [5.74, 6) is 2.34. The smallest absolute Gasteiger partial charge is 0.284 e. The molecule has 0 saturated heterocycles. The van der Waals surface area contributed by atoms with Crippen LogP contribution in [0.25, 0.3) is 0 Å². The van der Waals surface area contributed by atoms with Crippen LogP contribution >= 0.6 is 27.7 Å². The standard InChI is InChI=1S/C10H8BrNOS/c1-2-7-12-10(13)14-9-5-3-8(11)4-6-9/h1,3-6H,7H2,(H,12,13). The van der Waals surface area contributed by atoms with Crippen LogP contribution in [0, 0.1) is 12.3 Å². The molecule has 0 saturated carbocycles. The highest BCUT2D eigenvalue weighted by atomic mass is 79.9. The topological polar surface area (TPSA) is 29.1 Å². The Hall–Kier alpha value is -0.920. The Labute approximate surface area is 95.6 Å². The molecule has 1 N–H and O–H groups in total. The lowest BCUT2D eigenvalue weighted by molar-refractivity contribution is 0.261. The van der Waals surface area contributed by atoms with Crippen molar-refractivity contribution in [2.45, 2.75) is 4.90 Å². The van der Waals surface area contributed by atoms with Crippen LogP contribution in [0.5, 0.6) is 0 Å². The minimum atomic E-state index is -0.134. The molecule has 0 aliphatic rings. The molecular weight excluding hydrogens is 262 g/mol. The molecule has 0 radical (unpaired) electrons. The first-order valence-electron chi connectivity index (χ1n) is 3.87. The van der Waals surface area contributed by atoms with E-state index in [-0.39, 0.29) is 11.8 Å². The summed E-state index contributed by atoms with van der Waals surface area (Å²) >= 11 is 4.44. The third kappa shape index (κ3) is 3.86. The van der Waals surface area contributed by atoms with Crippen molar-refractivity contribution in [1.82, 2.24) is 5.32 Å². The Morgan fingerprint density at radius 1 is 1.50 bits per heavy atom. The van der Waals surface area contributed by atoms with E-state index in [1.165, 1.54) is 0 Å². The molecule has 0 spiro atoms. The zero-order valence-corrected chi connectivity index (χ0v) is 9.69. The van der Waals surface area contributed by atoms with Crippen molar-refractivity contribution >= 4 is 32.9 Å². The average molecular weight is 270 g/mol. The van der Waals surface area contributed by atoms with Gasteiger partial charge in [0.15, 0.2) is 0 Å². The first-order chi connectivity index (χ1) is 6.72. The SMILES string of the molecule is C#CCNC(=O)Sc1ccc(Br)cc1. The summed E-state index contributed by atoms with van der Waals surface area (Å²) in [6.45, 7) is 0.266. The van der Waals surface area contributed by atoms with Gasteiger partial charge in [0.2, 0.25) is 0 Å². The molecule has 0 aromatic heterocycles. The van der Waals surface area contributed by atoms with E-state index in [4.69, 9.17) is 6.42 Å². The normalized spacial score (nSPS) is 9.14. The highest BCUT2D eigenvalue weighted by Crippen LogP contribution is 2.20. The minimum Gasteiger partial charge on any atom is -0.336 e. The quantitative estimate of drug-likeness (QED) is 0.661. The molecule has 14 heavy (non-hydrogen) atoms. The molecule has 1 aromatic carbocycles. The van der Waals surface area contributed by atoms with Crippen LogP contribution in [0.1, 0.15) is 0 Å². The zero-order valence-electron chi connectivity index (χ0n) is 7.29. The largest absolute Gasteiger partial charge is 0.336 e. The number of hydrogen-bond donors (Lipinski definition) is 1. The second-order valence-electron chi connectivity index (χ2n) is 2.40. The number of terminal acetylenes is 1. The summed E-state index contributed by atoms with van der Waals surface area (Å²) in [5.41, 5.74) is 0. The fraction of sp³-hybridized carbons (Fsp3) is 0.100. The minimum absolute atomic E-state index is 0.134. The molecule has 1 rings (SSSR count). The summed E-state index contributed by atoms with van der Waals surface area (Å²) in [6.07, 6.45) is 5.01. The van der Waals surface area contributed by atoms with Gasteiger partial charge in [-0.1, -0.05) is 21.9 Å². The van der Waals surface area contributed by atoms with E-state index in [2.05, 4.69) is 27.2 Å². The van der Waals surface area contributed by atoms with Gasteiger partial charge in [-0.3, -0.25) is 4.79 Å². The van der Waals surface area contributed by atoms with E-state index in [1.807, 2.05) is 24.3 Å². The Morgan fingerprint density at radius 3 is 2.71 bits per heavy atom. The van der Waals surface area contributed by atoms with Crippen molar-refractivity contribution in [3.63, 3.8) is 0 Å². The van der Waals surface area contributed by atoms with E-state index < -0.39 is 0 Å². The highest BCUT2D eigenvalue weighted by Gasteiger charge is 2.02. The fourth-order valence-electron chi connectivity index (χ4n) is 0.769. The monoisotopic (exact) mass is 269 g/mol. The Morgan fingerprint density at radius 2 is 2.14 bits per heavy atom. The van der Waals surface area contributed by atoms with Gasteiger partial charge >= 0.3 is 0 Å². The van der Waals surface area contributed by atoms with Gasteiger partial charge in [0, 0.05) is 9.37 Å². The van der Waals surface area contributed by atoms with Gasteiger partial charge in [-0.05, 0) is 36.0 Å². The van der Waals surface area contributed by atoms with E-state index >= 15 is 0 Å². The van der Waals surface area contributed by atoms with Crippen molar-refractivity contribution in [2.75, 3.05) is 6.54 Å². The van der Waals surface area contributed by atoms with Crippen LogP contribution in [0.15, 0.2) is 33.6 Å². The predicted octanol–water partition coefficient (Wildman–Crippen LogP) is 2.88. The summed E-state index contributed by atoms with van der Waals surface area (Å²) in [5, 5.41) is 2.44. The van der Waals surface area contributed by atoms with Crippen LogP contribution in [-0.2, 0) is 0 Å². The second-order valence-corrected chi connectivity index (χ2v) is 4.36. The molecule has 0 atom stereocenters. The Kier molecular flexibility index (Phi) is 4.57. The molecule has 1 aromatic rings. The number of rotatable bonds is 2. The predicted molar refractivity (Wildman–Crippen MR) is 62.2 cm³/mol. The number of benzene rings is 1. The van der Waals surface area contributed by atoms with E-state index in [0.29, 0.717) is 0 Å². The molecule has 2 nitrogen and oxygen atoms in total. The zero-order chi connectivity index (χ0) is 10.4. The van der Waals surface area contributed by atoms with Crippen molar-refractivity contribution < 1.29 is 4.79 Å². The lowest BCUT2D eigenvalue weighted by atomic mass is 10.4. The lowest BCUT2D eigenvalue weighted by Crippen LogP contribution is -2.18. The van der Waals surface area contributed by atoms with Crippen molar-refractivity contribution in [1.29, 1.82) is 0 Å². The molecule has 0 unspecified atom stereocenters. The van der Waals surface area contributed by atoms with Crippen molar-refractivity contribution in [2.24, 2.45) is 0 Å². The maximum Gasteiger partial charge on any atom is 0.284 e. The molecule has 4 heteroatoms. The maximum absolute atomic E-state index is 11.2. The lowest BCUT2D eigenvalue weighted by Gasteiger charge is -2.00. The number of hydrogen-bond acceptors (Lipinski definition) is 2. The molecule has 0 heterocycles. The first kappa shape index (κ1) is 11.2. The summed E-state index contributed by atoms with van der Waals surface area (Å²) in [4.78, 5) is 12.1. The van der Waals surface area contributed by atoms with Crippen LogP contribution in [0.3, 0.4) is 0 Å². The van der Waals surface area contributed by atoms with Gasteiger partial charge in [0.05, 0.1) is 6.54 Å². The van der Waals surface area contributed by atoms with Gasteiger partial charge in [0.25, 0.3) is 5.24 Å². The van der Waals surface area contributed by atoms with Crippen molar-refractivity contribution in [3.8, 4) is 12.3 Å². The third-order valence-corrected chi connectivity index (χ3v) is 2.73. The summed E-state index contributed by atoms with van der Waals surface area (Å²) in [7, 11) is 0. The summed E-state index contributed by atoms with van der Waals surface area (Å²) in [6, 6.07) is 7.50. The van der Waals surface area contributed by atoms with Crippen LogP contribution in [0.2, 0.25) is 0 Å². The van der Waals surface area contributed by atoms with E-state index in [9.17, 15) is 4.79 Å². The number of amides is 1. The Balaban J connectivity index is 2.49. The molecule has 0 fully saturated rings. The van der Waals surface area contributed by atoms with Crippen LogP contribution in [-0.4, -0.2) is 11.8 Å². The van der Waals surface area contributed by atoms with E-state index in [1.54, 1.807) is 0 Å². The van der Waals surface area contributed by atoms with Gasteiger partial charge in [-0.2, -0.15) is 0 Å². The average Bonchev–Trinajstić information content (AvgIpc) is 2.18. The van der Waals surface area contributed by atoms with Crippen molar-refractivity contribution in [3.05, 3.63) is 28.7 Å². The van der Waals surface area contributed by atoms with Gasteiger partial charge in [-0.25, -0.2) is 0 Å². The number of halogens is 1. The number of carbonyl (C=O) groups is 1. The molecule has 0 aliphatic heterocycles. The molecule has 0 aliphatic carbocycles. The van der Waals surface area contributed by atoms with E-state index in [0.717, 1.165) is 21.1 Å². The number of thioether (sulfide) groups is 1. The second kappa shape index (κ2) is 5.74. The maximum atomic E-state index is 11.2. The van der Waals surface area contributed by atoms with Gasteiger partial charge in [0.1, 0.15) is 0 Å². The molecular formula is C10H8BrNOS. The number of carbonyl (C=O) groups excluding carboxylic acids is 1. The molecule has 1 amide bonds. The molecule has 72 valence electrons. The fourth-order valence-corrected chi connectivity index (χ4v) is 1.66. The highest BCUT2D eigenvalue weighted by molar-refractivity contribution is 9.10. The van der Waals surface area contributed by atoms with Gasteiger partial charge in [-0.15, -0.1) is 6.42 Å². The van der Waals surface area contributed by atoms with Gasteiger partial charge < -0.3 is 5.32 Å². The Bertz CT molecular complexity index is 355.